The Morgan fingerprint density at radius 2 is 2.10 bits per heavy atom. The van der Waals surface area contributed by atoms with Gasteiger partial charge in [0.05, 0.1) is 23.0 Å². The van der Waals surface area contributed by atoms with Crippen LogP contribution in [0.25, 0.3) is 0 Å². The first-order chi connectivity index (χ1) is 10.6. The van der Waals surface area contributed by atoms with Crippen LogP contribution in [0.4, 0.5) is 0 Å². The minimum Gasteiger partial charge on any atom is -0.495 e. The molecule has 1 aliphatic carbocycles. The fraction of sp³-hybridized carbons (Fsp3) is 0.571. The van der Waals surface area contributed by atoms with Crippen molar-refractivity contribution in [1.29, 1.82) is 0 Å². The molecule has 0 radical (unpaired) electrons. The Kier molecular flexibility index (Phi) is 3.87. The van der Waals surface area contributed by atoms with Gasteiger partial charge in [0.1, 0.15) is 10.6 Å². The summed E-state index contributed by atoms with van der Waals surface area (Å²) >= 11 is 3.21. The number of ether oxygens (including phenoxy) is 1. The molecule has 1 aromatic carbocycles. The molecule has 4 nitrogen and oxygen atoms in total. The van der Waals surface area contributed by atoms with Crippen LogP contribution in [-0.4, -0.2) is 32.4 Å². The summed E-state index contributed by atoms with van der Waals surface area (Å²) in [6, 6.07) is 4.25. The second-order valence-electron chi connectivity index (χ2n) is 5.15. The van der Waals surface area contributed by atoms with Gasteiger partial charge >= 0.3 is 0 Å². The molecule has 0 atom stereocenters. The summed E-state index contributed by atoms with van der Waals surface area (Å²) in [7, 11) is -6.40. The van der Waals surface area contributed by atoms with Crippen molar-refractivity contribution in [2.75, 3.05) is 12.8 Å². The molecule has 2 rings (SSSR count). The molecule has 20 heavy (non-hydrogen) atoms. The third-order valence-corrected chi connectivity index (χ3v) is 6.01. The zero-order chi connectivity index (χ0) is 17.3. The van der Waals surface area contributed by atoms with Crippen molar-refractivity contribution in [2.24, 2.45) is 5.92 Å². The van der Waals surface area contributed by atoms with E-state index < -0.39 is 16.9 Å². The Morgan fingerprint density at radius 1 is 1.40 bits per heavy atom. The lowest BCUT2D eigenvalue weighted by Gasteiger charge is -2.25. The Labute approximate surface area is 132 Å². The zero-order valence-electron chi connectivity index (χ0n) is 13.9. The van der Waals surface area contributed by atoms with E-state index >= 15 is 0 Å². The molecular weight excluding hydrogens is 344 g/mol. The van der Waals surface area contributed by atoms with E-state index in [0.29, 0.717) is 30.2 Å². The van der Waals surface area contributed by atoms with Crippen LogP contribution >= 0.6 is 15.9 Å². The lowest BCUT2D eigenvalue weighted by atomic mass is 9.89. The fourth-order valence-electron chi connectivity index (χ4n) is 2.52. The molecule has 1 N–H and O–H groups in total. The van der Waals surface area contributed by atoms with E-state index in [9.17, 15) is 13.5 Å². The molecule has 0 spiro atoms. The van der Waals surface area contributed by atoms with E-state index in [1.165, 1.54) is 18.2 Å². The molecule has 0 amide bonds. The Morgan fingerprint density at radius 3 is 2.75 bits per heavy atom. The molecule has 1 aliphatic rings. The summed E-state index contributed by atoms with van der Waals surface area (Å²) in [6.45, 7) is 0. The van der Waals surface area contributed by atoms with Crippen LogP contribution in [0.1, 0.15) is 29.8 Å². The number of hydrogen-bond acceptors (Lipinski definition) is 4. The Hall–Kier alpha value is -0.590. The van der Waals surface area contributed by atoms with Crippen LogP contribution in [0.3, 0.4) is 0 Å². The van der Waals surface area contributed by atoms with Crippen LogP contribution in [0, 0.1) is 5.92 Å². The van der Waals surface area contributed by atoms with Gasteiger partial charge in [-0.3, -0.25) is 0 Å². The van der Waals surface area contributed by atoms with Crippen LogP contribution in [0.5, 0.6) is 5.75 Å². The summed E-state index contributed by atoms with van der Waals surface area (Å²) in [6.07, 6.45) is 2.12. The summed E-state index contributed by atoms with van der Waals surface area (Å²) in [5, 5.41) is 9.51. The van der Waals surface area contributed by atoms with Gasteiger partial charge in [-0.2, -0.15) is 0 Å². The van der Waals surface area contributed by atoms with Crippen LogP contribution in [0.15, 0.2) is 27.6 Å². The van der Waals surface area contributed by atoms with Crippen molar-refractivity contribution in [3.8, 4) is 5.75 Å². The molecule has 6 heteroatoms. The van der Waals surface area contributed by atoms with E-state index in [2.05, 4.69) is 15.9 Å². The van der Waals surface area contributed by atoms with Crippen molar-refractivity contribution in [1.82, 2.24) is 0 Å². The van der Waals surface area contributed by atoms with Gasteiger partial charge in [-0.1, -0.05) is 15.9 Å². The van der Waals surface area contributed by atoms with Crippen LogP contribution < -0.4 is 4.74 Å². The lowest BCUT2D eigenvalue weighted by Crippen LogP contribution is -2.24. The van der Waals surface area contributed by atoms with Crippen molar-refractivity contribution < 1.29 is 22.4 Å². The van der Waals surface area contributed by atoms with Crippen LogP contribution in [0.2, 0.25) is 0 Å². The van der Waals surface area contributed by atoms with Gasteiger partial charge in [0.15, 0.2) is 9.84 Å². The second kappa shape index (κ2) is 6.45. The molecule has 0 saturated heterocycles. The number of aliphatic hydroxyl groups is 1. The molecule has 0 aliphatic heterocycles. The minimum absolute atomic E-state index is 0.0389. The van der Waals surface area contributed by atoms with Crippen molar-refractivity contribution in [3.05, 3.63) is 22.7 Å². The predicted molar refractivity (Wildman–Crippen MR) is 80.7 cm³/mol. The average molecular weight is 366 g/mol. The normalized spacial score (nSPS) is 26.4. The molecule has 0 aromatic heterocycles. The number of halogens is 1. The third kappa shape index (κ3) is 3.74. The maximum Gasteiger partial charge on any atom is 0.182 e. The smallest absolute Gasteiger partial charge is 0.182 e. The first-order valence-electron chi connectivity index (χ1n) is 7.96. The number of rotatable bonds is 4. The summed E-state index contributed by atoms with van der Waals surface area (Å²) < 4.78 is 52.3. The highest BCUT2D eigenvalue weighted by molar-refractivity contribution is 9.10. The van der Waals surface area contributed by atoms with E-state index in [1.54, 1.807) is 0 Å². The second-order valence-corrected chi connectivity index (χ2v) is 8.07. The molecule has 0 bridgehead atoms. The van der Waals surface area contributed by atoms with E-state index in [0.717, 1.165) is 0 Å². The van der Waals surface area contributed by atoms with Crippen molar-refractivity contribution in [3.63, 3.8) is 0 Å². The van der Waals surface area contributed by atoms with Gasteiger partial charge in [-0.05, 0) is 49.8 Å². The minimum atomic E-state index is -3.69. The van der Waals surface area contributed by atoms with Crippen LogP contribution in [-0.2, 0) is 9.84 Å². The van der Waals surface area contributed by atoms with E-state index in [1.807, 2.05) is 0 Å². The fourth-order valence-corrected chi connectivity index (χ4v) is 4.89. The number of benzene rings is 1. The average Bonchev–Trinajstić information content (AvgIpc) is 2.41. The third-order valence-electron chi connectivity index (χ3n) is 3.62. The molecule has 0 unspecified atom stereocenters. The molecule has 1 aromatic rings. The molecule has 1 fully saturated rings. The molecule has 1 saturated carbocycles. The van der Waals surface area contributed by atoms with Crippen molar-refractivity contribution >= 4 is 25.8 Å². The zero-order valence-corrected chi connectivity index (χ0v) is 13.3. The predicted octanol–water partition coefficient (Wildman–Crippen LogP) is 2.78. The molecule has 112 valence electrons. The topological polar surface area (TPSA) is 63.6 Å². The van der Waals surface area contributed by atoms with E-state index in [-0.39, 0.29) is 28.4 Å². The van der Waals surface area contributed by atoms with Gasteiger partial charge in [-0.25, -0.2) is 8.42 Å². The Bertz CT molecular complexity index is 652. The van der Waals surface area contributed by atoms with Gasteiger partial charge in [-0.15, -0.1) is 0 Å². The SMILES string of the molecule is [2H]C([2H])([2H])Oc1ccc(Br)cc1S(=O)(=O)CC1CCC(O)CC1. The highest BCUT2D eigenvalue weighted by Crippen LogP contribution is 2.32. The first kappa shape index (κ1) is 12.0. The Balaban J connectivity index is 2.26. The van der Waals surface area contributed by atoms with Crippen molar-refractivity contribution in [2.45, 2.75) is 36.7 Å². The molecule has 0 heterocycles. The van der Waals surface area contributed by atoms with Gasteiger partial charge in [0, 0.05) is 4.47 Å². The standard InChI is InChI=1S/C14H19BrO4S/c1-19-13-7-4-11(15)8-14(13)20(17,18)9-10-2-5-12(16)6-3-10/h4,7-8,10,12,16H,2-3,5-6,9H2,1H3/i1D3. The largest absolute Gasteiger partial charge is 0.495 e. The number of methoxy groups -OCH3 is 1. The molecular formula is C14H19BrO4S. The highest BCUT2D eigenvalue weighted by atomic mass is 79.9. The summed E-state index contributed by atoms with van der Waals surface area (Å²) in [5.41, 5.74) is 0. The lowest BCUT2D eigenvalue weighted by molar-refractivity contribution is 0.113. The van der Waals surface area contributed by atoms with Gasteiger partial charge in [0.2, 0.25) is 0 Å². The highest BCUT2D eigenvalue weighted by Gasteiger charge is 2.27. The number of aliphatic hydroxyl groups excluding tert-OH is 1. The maximum absolute atomic E-state index is 12.7. The monoisotopic (exact) mass is 365 g/mol. The van der Waals surface area contributed by atoms with Gasteiger partial charge in [0.25, 0.3) is 0 Å². The maximum atomic E-state index is 12.7. The first-order valence-corrected chi connectivity index (χ1v) is 8.91. The summed E-state index contributed by atoms with van der Waals surface area (Å²) in [5.74, 6) is -0.278. The van der Waals surface area contributed by atoms with E-state index in [4.69, 9.17) is 8.85 Å². The van der Waals surface area contributed by atoms with Gasteiger partial charge < -0.3 is 9.84 Å². The quantitative estimate of drug-likeness (QED) is 0.890. The number of hydrogen-bond donors (Lipinski definition) is 1. The summed E-state index contributed by atoms with van der Waals surface area (Å²) in [4.78, 5) is -0.117. The number of sulfone groups is 1.